The Balaban J connectivity index is 4.08. The Labute approximate surface area is 89.3 Å². The van der Waals surface area contributed by atoms with E-state index in [0.717, 1.165) is 5.33 Å². The van der Waals surface area contributed by atoms with Crippen molar-refractivity contribution in [1.82, 2.24) is 0 Å². The lowest BCUT2D eigenvalue weighted by Gasteiger charge is -2.22. The fraction of sp³-hybridized carbons (Fsp3) is 0.857. The highest BCUT2D eigenvalue weighted by Gasteiger charge is 2.32. The van der Waals surface area contributed by atoms with Crippen molar-refractivity contribution in [3.05, 3.63) is 0 Å². The fourth-order valence-corrected chi connectivity index (χ4v) is 2.35. The number of rotatable bonds is 6. The van der Waals surface area contributed by atoms with Crippen molar-refractivity contribution < 1.29 is 9.53 Å². The highest BCUT2D eigenvalue weighted by atomic mass is 79.9. The van der Waals surface area contributed by atoms with Gasteiger partial charge in [0, 0.05) is 19.0 Å². The minimum absolute atomic E-state index is 0.334. The Morgan fingerprint density at radius 2 is 2.17 bits per heavy atom. The maximum absolute atomic E-state index is 11.0. The van der Waals surface area contributed by atoms with Crippen molar-refractivity contribution in [3.8, 4) is 0 Å². The Hall–Kier alpha value is 0.390. The van der Waals surface area contributed by atoms with Crippen molar-refractivity contribution in [2.45, 2.75) is 17.2 Å². The molecule has 0 saturated heterocycles. The van der Waals surface area contributed by atoms with Gasteiger partial charge in [-0.3, -0.25) is 4.79 Å². The molecule has 0 rings (SSSR count). The molecule has 0 aromatic heterocycles. The molecule has 12 heavy (non-hydrogen) atoms. The molecule has 0 aromatic carbocycles. The molecule has 0 heterocycles. The second-order valence-electron chi connectivity index (χ2n) is 2.51. The molecule has 0 spiro atoms. The van der Waals surface area contributed by atoms with Crippen LogP contribution in [-0.4, -0.2) is 29.3 Å². The van der Waals surface area contributed by atoms with Gasteiger partial charge in [-0.2, -0.15) is 0 Å². The molecule has 72 valence electrons. The predicted molar refractivity (Wildman–Crippen MR) is 55.8 cm³/mol. The molecule has 5 heteroatoms. The highest BCUT2D eigenvalue weighted by Crippen LogP contribution is 2.27. The average Bonchev–Trinajstić information content (AvgIpc) is 2.01. The zero-order valence-electron chi connectivity index (χ0n) is 6.98. The summed E-state index contributed by atoms with van der Waals surface area (Å²) in [6.07, 6.45) is 1.27. The van der Waals surface area contributed by atoms with E-state index in [1.807, 2.05) is 0 Å². The molecule has 0 aliphatic rings. The van der Waals surface area contributed by atoms with Crippen LogP contribution in [0.1, 0.15) is 12.8 Å². The lowest BCUT2D eigenvalue weighted by Crippen LogP contribution is -2.39. The summed E-state index contributed by atoms with van der Waals surface area (Å²) < 4.78 is 4.26. The number of methoxy groups -OCH3 is 1. The van der Waals surface area contributed by atoms with Crippen LogP contribution in [0, 0.1) is 0 Å². The van der Waals surface area contributed by atoms with Gasteiger partial charge in [-0.25, -0.2) is 0 Å². The van der Waals surface area contributed by atoms with Crippen molar-refractivity contribution in [2.75, 3.05) is 19.0 Å². The zero-order valence-corrected chi connectivity index (χ0v) is 10.2. The molecule has 0 bridgehead atoms. The van der Waals surface area contributed by atoms with E-state index < -0.39 is 4.32 Å². The van der Waals surface area contributed by atoms with Crippen LogP contribution < -0.4 is 5.73 Å². The predicted octanol–water partition coefficient (Wildman–Crippen LogP) is 1.43. The van der Waals surface area contributed by atoms with E-state index in [1.54, 1.807) is 7.11 Å². The topological polar surface area (TPSA) is 52.3 Å². The first-order valence-corrected chi connectivity index (χ1v) is 5.52. The number of amides is 1. The summed E-state index contributed by atoms with van der Waals surface area (Å²) in [7, 11) is 1.60. The number of ether oxygens (including phenoxy) is 1. The zero-order chi connectivity index (χ0) is 9.61. The summed E-state index contributed by atoms with van der Waals surface area (Å²) in [6.45, 7) is 0.529. The van der Waals surface area contributed by atoms with E-state index in [4.69, 9.17) is 10.5 Å². The highest BCUT2D eigenvalue weighted by molar-refractivity contribution is 9.10. The van der Waals surface area contributed by atoms with Gasteiger partial charge in [0.2, 0.25) is 5.91 Å². The molecule has 0 aliphatic heterocycles. The average molecular weight is 303 g/mol. The van der Waals surface area contributed by atoms with Crippen LogP contribution in [0.15, 0.2) is 0 Å². The summed E-state index contributed by atoms with van der Waals surface area (Å²) in [5.74, 6) is -0.334. The van der Waals surface area contributed by atoms with Crippen LogP contribution in [0.2, 0.25) is 0 Å². The molecule has 1 amide bonds. The molecular weight excluding hydrogens is 290 g/mol. The van der Waals surface area contributed by atoms with Gasteiger partial charge in [0.05, 0.1) is 0 Å². The molecular formula is C7H13Br2NO2. The Bertz CT molecular complexity index is 154. The molecule has 2 N–H and O–H groups in total. The van der Waals surface area contributed by atoms with Gasteiger partial charge < -0.3 is 10.5 Å². The SMILES string of the molecule is COCCC(Br)(CCBr)C(N)=O. The van der Waals surface area contributed by atoms with Gasteiger partial charge in [-0.05, 0) is 12.8 Å². The van der Waals surface area contributed by atoms with E-state index in [9.17, 15) is 4.79 Å². The van der Waals surface area contributed by atoms with Gasteiger partial charge >= 0.3 is 0 Å². The second kappa shape index (κ2) is 5.94. The quantitative estimate of drug-likeness (QED) is 0.755. The maximum Gasteiger partial charge on any atom is 0.234 e. The van der Waals surface area contributed by atoms with Gasteiger partial charge in [0.1, 0.15) is 4.32 Å². The van der Waals surface area contributed by atoms with Gasteiger partial charge in [-0.1, -0.05) is 31.9 Å². The molecule has 0 saturated carbocycles. The van der Waals surface area contributed by atoms with E-state index >= 15 is 0 Å². The van der Waals surface area contributed by atoms with Crippen molar-refractivity contribution in [2.24, 2.45) is 5.73 Å². The Kier molecular flexibility index (Phi) is 6.13. The number of carbonyl (C=O) groups is 1. The number of carbonyl (C=O) groups excluding carboxylic acids is 1. The number of halogens is 2. The molecule has 0 radical (unpaired) electrons. The van der Waals surface area contributed by atoms with Crippen LogP contribution in [0.4, 0.5) is 0 Å². The van der Waals surface area contributed by atoms with Gasteiger partial charge in [0.15, 0.2) is 0 Å². The summed E-state index contributed by atoms with van der Waals surface area (Å²) >= 11 is 6.59. The van der Waals surface area contributed by atoms with Gasteiger partial charge in [0.25, 0.3) is 0 Å². The number of nitrogens with two attached hydrogens (primary N) is 1. The summed E-state index contributed by atoms with van der Waals surface area (Å²) in [6, 6.07) is 0. The van der Waals surface area contributed by atoms with Crippen LogP contribution in [0.25, 0.3) is 0 Å². The minimum Gasteiger partial charge on any atom is -0.385 e. The largest absolute Gasteiger partial charge is 0.385 e. The molecule has 0 aliphatic carbocycles. The van der Waals surface area contributed by atoms with Crippen LogP contribution >= 0.6 is 31.9 Å². The van der Waals surface area contributed by atoms with Crippen molar-refractivity contribution >= 4 is 37.8 Å². The molecule has 3 nitrogen and oxygen atoms in total. The summed E-state index contributed by atoms with van der Waals surface area (Å²) in [5, 5.41) is 0.741. The Morgan fingerprint density at radius 1 is 1.58 bits per heavy atom. The molecule has 0 aromatic rings. The third-order valence-corrected chi connectivity index (χ3v) is 3.22. The number of hydrogen-bond acceptors (Lipinski definition) is 2. The first-order chi connectivity index (χ1) is 5.56. The van der Waals surface area contributed by atoms with E-state index in [0.29, 0.717) is 19.4 Å². The molecule has 0 fully saturated rings. The maximum atomic E-state index is 11.0. The number of primary amides is 1. The van der Waals surface area contributed by atoms with Crippen molar-refractivity contribution in [1.29, 1.82) is 0 Å². The first kappa shape index (κ1) is 12.4. The van der Waals surface area contributed by atoms with Crippen LogP contribution in [0.3, 0.4) is 0 Å². The standard InChI is InChI=1S/C7H13Br2NO2/c1-12-5-3-7(9,2-4-8)6(10)11/h2-5H2,1H3,(H2,10,11). The van der Waals surface area contributed by atoms with Crippen LogP contribution in [0.5, 0.6) is 0 Å². The first-order valence-electron chi connectivity index (χ1n) is 3.60. The van der Waals surface area contributed by atoms with Crippen molar-refractivity contribution in [3.63, 3.8) is 0 Å². The molecule has 1 unspecified atom stereocenters. The number of alkyl halides is 2. The smallest absolute Gasteiger partial charge is 0.234 e. The van der Waals surface area contributed by atoms with E-state index in [-0.39, 0.29) is 5.91 Å². The van der Waals surface area contributed by atoms with Gasteiger partial charge in [-0.15, -0.1) is 0 Å². The second-order valence-corrected chi connectivity index (χ2v) is 4.82. The van der Waals surface area contributed by atoms with E-state index in [1.165, 1.54) is 0 Å². The minimum atomic E-state index is -0.619. The van der Waals surface area contributed by atoms with Crippen LogP contribution in [-0.2, 0) is 9.53 Å². The fourth-order valence-electron chi connectivity index (χ4n) is 0.785. The third kappa shape index (κ3) is 3.87. The third-order valence-electron chi connectivity index (χ3n) is 1.63. The van der Waals surface area contributed by atoms with E-state index in [2.05, 4.69) is 31.9 Å². The molecule has 1 atom stereocenters. The Morgan fingerprint density at radius 3 is 2.50 bits per heavy atom. The lowest BCUT2D eigenvalue weighted by molar-refractivity contribution is -0.120. The summed E-state index contributed by atoms with van der Waals surface area (Å²) in [4.78, 5) is 11.0. The summed E-state index contributed by atoms with van der Waals surface area (Å²) in [5.41, 5.74) is 5.24. The number of hydrogen-bond donors (Lipinski definition) is 1. The normalized spacial score (nSPS) is 15.6. The lowest BCUT2D eigenvalue weighted by atomic mass is 10.0. The monoisotopic (exact) mass is 301 g/mol.